The highest BCUT2D eigenvalue weighted by molar-refractivity contribution is 6.36. The van der Waals surface area contributed by atoms with Gasteiger partial charge in [-0.15, -0.1) is 0 Å². The van der Waals surface area contributed by atoms with Crippen LogP contribution in [-0.4, -0.2) is 149 Å². The summed E-state index contributed by atoms with van der Waals surface area (Å²) in [7, 11) is 2.09. The quantitative estimate of drug-likeness (QED) is 0.118. The zero-order valence-electron chi connectivity index (χ0n) is 38.1. The first-order valence-corrected chi connectivity index (χ1v) is 24.2. The van der Waals surface area contributed by atoms with E-state index >= 15 is 4.39 Å². The van der Waals surface area contributed by atoms with Crippen LogP contribution in [0.5, 0.6) is 11.8 Å². The molecule has 19 heteroatoms. The van der Waals surface area contributed by atoms with Crippen LogP contribution in [0.15, 0.2) is 60.8 Å². The molecule has 6 aliphatic rings. The molecule has 0 radical (unpaired) electrons. The van der Waals surface area contributed by atoms with Gasteiger partial charge in [0.25, 0.3) is 11.8 Å². The van der Waals surface area contributed by atoms with Gasteiger partial charge in [-0.25, -0.2) is 4.39 Å². The Kier molecular flexibility index (Phi) is 12.1. The standard InChI is InChI=1S/C50H52ClFN10O7/c1-59-25-31(60-17-14-28(15-18-60)46(64)53-16-19-68-33-10-11-34-36(21-33)49(67)62(48(34)66)39-12-13-40(63)56-47(39)65)20-32(59)26-69-50-57-44-37(45(58-50)61-23-29-8-9-30(24-61)55-29)22-54-43(42(44)52)35-6-2-4-27-5-3-7-38(51)41(27)35/h2-7,10-11,21-22,28-32,39,55H,8-9,12-20,23-26H2,1H3,(H,53,64)(H,56,63,65)/t29?,30?,31-,32-,39?/m0/s1. The number of ether oxygens (including phenoxy) is 2. The third-order valence-corrected chi connectivity index (χ3v) is 15.2. The van der Waals surface area contributed by atoms with Crippen LogP contribution in [0, 0.1) is 11.7 Å². The van der Waals surface area contributed by atoms with Crippen molar-refractivity contribution in [2.24, 2.45) is 5.92 Å². The van der Waals surface area contributed by atoms with Gasteiger partial charge in [0.05, 0.1) is 23.1 Å². The molecular formula is C50H52ClFN10O7. The molecule has 2 aromatic heterocycles. The number of halogens is 2. The van der Waals surface area contributed by atoms with E-state index in [2.05, 4.69) is 42.7 Å². The maximum absolute atomic E-state index is 17.0. The smallest absolute Gasteiger partial charge is 0.319 e. The van der Waals surface area contributed by atoms with Gasteiger partial charge in [-0.2, -0.15) is 9.97 Å². The Balaban J connectivity index is 0.693. The van der Waals surface area contributed by atoms with Gasteiger partial charge in [0.15, 0.2) is 5.82 Å². The fourth-order valence-electron chi connectivity index (χ4n) is 11.2. The number of fused-ring (bicyclic) bond motifs is 5. The summed E-state index contributed by atoms with van der Waals surface area (Å²) in [5.74, 6) is -2.05. The molecule has 5 saturated heterocycles. The first kappa shape index (κ1) is 45.1. The van der Waals surface area contributed by atoms with E-state index in [0.717, 1.165) is 67.7 Å². The van der Waals surface area contributed by atoms with E-state index in [1.165, 1.54) is 12.1 Å². The fourth-order valence-corrected chi connectivity index (χ4v) is 11.5. The van der Waals surface area contributed by atoms with Gasteiger partial charge >= 0.3 is 6.01 Å². The molecule has 8 heterocycles. The average Bonchev–Trinajstić information content (AvgIpc) is 3.98. The van der Waals surface area contributed by atoms with Crippen molar-refractivity contribution in [3.8, 4) is 23.0 Å². The molecule has 3 unspecified atom stereocenters. The van der Waals surface area contributed by atoms with Crippen molar-refractivity contribution < 1.29 is 37.8 Å². The summed E-state index contributed by atoms with van der Waals surface area (Å²) in [6.07, 6.45) is 6.24. The number of rotatable bonds is 12. The molecular weight excluding hydrogens is 907 g/mol. The van der Waals surface area contributed by atoms with E-state index in [-0.39, 0.29) is 78.3 Å². The number of piperidine rings is 2. The number of carbonyl (C=O) groups excluding carboxylic acids is 5. The number of amides is 5. The molecule has 3 aromatic carbocycles. The lowest BCUT2D eigenvalue weighted by atomic mass is 9.94. The maximum atomic E-state index is 17.0. The molecule has 5 aromatic rings. The molecule has 69 heavy (non-hydrogen) atoms. The lowest BCUT2D eigenvalue weighted by molar-refractivity contribution is -0.136. The number of aromatic nitrogens is 3. The Hall–Kier alpha value is -6.34. The molecule has 358 valence electrons. The van der Waals surface area contributed by atoms with Crippen LogP contribution in [0.25, 0.3) is 32.9 Å². The predicted molar refractivity (Wildman–Crippen MR) is 254 cm³/mol. The van der Waals surface area contributed by atoms with Crippen molar-refractivity contribution in [2.75, 3.05) is 64.4 Å². The minimum atomic E-state index is -1.05. The van der Waals surface area contributed by atoms with Gasteiger partial charge in [-0.05, 0) is 88.3 Å². The molecule has 3 N–H and O–H groups in total. The molecule has 0 spiro atoms. The Morgan fingerprint density at radius 2 is 1.67 bits per heavy atom. The molecule has 0 saturated carbocycles. The van der Waals surface area contributed by atoms with Gasteiger partial charge in [-0.1, -0.05) is 41.9 Å². The summed E-state index contributed by atoms with van der Waals surface area (Å²) in [6, 6.07) is 15.9. The van der Waals surface area contributed by atoms with E-state index in [1.807, 2.05) is 30.3 Å². The number of carbonyl (C=O) groups is 5. The number of likely N-dealkylation sites (N-methyl/N-ethyl adjacent to an activating group) is 1. The third-order valence-electron chi connectivity index (χ3n) is 14.8. The first-order valence-electron chi connectivity index (χ1n) is 23.9. The third kappa shape index (κ3) is 8.61. The van der Waals surface area contributed by atoms with E-state index < -0.39 is 35.5 Å². The van der Waals surface area contributed by atoms with Crippen LogP contribution in [0.3, 0.4) is 0 Å². The van der Waals surface area contributed by atoms with Gasteiger partial charge in [0.2, 0.25) is 17.7 Å². The summed E-state index contributed by atoms with van der Waals surface area (Å²) in [5.41, 5.74) is 1.21. The van der Waals surface area contributed by atoms with Crippen molar-refractivity contribution in [2.45, 2.75) is 75.2 Å². The normalized spacial score (nSPS) is 24.4. The highest BCUT2D eigenvalue weighted by atomic mass is 35.5. The topological polar surface area (TPSA) is 192 Å². The molecule has 5 fully saturated rings. The number of anilines is 1. The number of nitrogens with one attached hydrogen (secondary N) is 3. The zero-order valence-corrected chi connectivity index (χ0v) is 38.8. The minimum absolute atomic E-state index is 0.0360. The highest BCUT2D eigenvalue weighted by Gasteiger charge is 2.45. The molecule has 6 aliphatic heterocycles. The second-order valence-corrected chi connectivity index (χ2v) is 19.5. The van der Waals surface area contributed by atoms with E-state index in [9.17, 15) is 24.0 Å². The van der Waals surface area contributed by atoms with Crippen molar-refractivity contribution in [1.29, 1.82) is 0 Å². The highest BCUT2D eigenvalue weighted by Crippen LogP contribution is 2.39. The number of imide groups is 2. The van der Waals surface area contributed by atoms with Crippen LogP contribution in [0.4, 0.5) is 10.2 Å². The second kappa shape index (κ2) is 18.5. The average molecular weight is 959 g/mol. The Morgan fingerprint density at radius 1 is 0.899 bits per heavy atom. The molecule has 5 amide bonds. The lowest BCUT2D eigenvalue weighted by Gasteiger charge is -2.35. The van der Waals surface area contributed by atoms with Gasteiger partial charge < -0.3 is 25.0 Å². The molecule has 17 nitrogen and oxygen atoms in total. The number of likely N-dealkylation sites (tertiary alicyclic amines) is 2. The summed E-state index contributed by atoms with van der Waals surface area (Å²) in [5, 5.41) is 11.5. The molecule has 2 bridgehead atoms. The summed E-state index contributed by atoms with van der Waals surface area (Å²) in [4.78, 5) is 85.7. The van der Waals surface area contributed by atoms with Crippen LogP contribution < -0.4 is 30.3 Å². The van der Waals surface area contributed by atoms with E-state index in [1.54, 1.807) is 18.3 Å². The minimum Gasteiger partial charge on any atom is -0.492 e. The largest absolute Gasteiger partial charge is 0.492 e. The van der Waals surface area contributed by atoms with Crippen LogP contribution in [0.1, 0.15) is 65.7 Å². The second-order valence-electron chi connectivity index (χ2n) is 19.1. The first-order chi connectivity index (χ1) is 33.5. The number of pyridine rings is 1. The van der Waals surface area contributed by atoms with Crippen molar-refractivity contribution in [3.05, 3.63) is 82.8 Å². The number of hydrogen-bond acceptors (Lipinski definition) is 14. The van der Waals surface area contributed by atoms with Crippen molar-refractivity contribution in [1.82, 2.24) is 45.6 Å². The van der Waals surface area contributed by atoms with Gasteiger partial charge in [0.1, 0.15) is 42.0 Å². The Labute approximate surface area is 402 Å². The van der Waals surface area contributed by atoms with Crippen LogP contribution >= 0.6 is 11.6 Å². The molecule has 0 aliphatic carbocycles. The van der Waals surface area contributed by atoms with E-state index in [4.69, 9.17) is 31.0 Å². The fraction of sp³-hybridized carbons (Fsp3) is 0.440. The maximum Gasteiger partial charge on any atom is 0.319 e. The number of benzene rings is 3. The van der Waals surface area contributed by atoms with Crippen molar-refractivity contribution >= 4 is 68.6 Å². The molecule has 5 atom stereocenters. The zero-order chi connectivity index (χ0) is 47.5. The summed E-state index contributed by atoms with van der Waals surface area (Å²) < 4.78 is 29.2. The Morgan fingerprint density at radius 3 is 2.45 bits per heavy atom. The SMILES string of the molecule is CN1C[C@@H](N2CCC(C(=O)NCCOc3ccc4c(c3)C(=O)N(C3CCC(=O)NC3=O)C4=O)CC2)C[C@H]1COc1nc(N2CC3CCC(C2)N3)c2cnc(-c3cccc4cccc(Cl)c34)c(F)c2n1. The predicted octanol–water partition coefficient (Wildman–Crippen LogP) is 4.34. The number of nitrogens with zero attached hydrogens (tertiary/aromatic N) is 7. The lowest BCUT2D eigenvalue weighted by Crippen LogP contribution is -2.54. The van der Waals surface area contributed by atoms with Crippen LogP contribution in [0.2, 0.25) is 5.02 Å². The van der Waals surface area contributed by atoms with Crippen LogP contribution in [-0.2, 0) is 14.4 Å². The monoisotopic (exact) mass is 958 g/mol. The van der Waals surface area contributed by atoms with E-state index in [0.29, 0.717) is 59.1 Å². The Bertz CT molecular complexity index is 2900. The van der Waals surface area contributed by atoms with Gasteiger partial charge in [0, 0.05) is 78.3 Å². The summed E-state index contributed by atoms with van der Waals surface area (Å²) >= 11 is 6.68. The van der Waals surface area contributed by atoms with Crippen molar-refractivity contribution in [3.63, 3.8) is 0 Å². The van der Waals surface area contributed by atoms with Gasteiger partial charge in [-0.3, -0.25) is 49.0 Å². The number of hydrogen-bond donors (Lipinski definition) is 3. The molecule has 11 rings (SSSR count). The summed E-state index contributed by atoms with van der Waals surface area (Å²) in [6.45, 7) is 4.60. The number of piperazine rings is 1.